The molecule has 0 aliphatic carbocycles. The van der Waals surface area contributed by atoms with Crippen LogP contribution in [0.15, 0.2) is 0 Å². The van der Waals surface area contributed by atoms with Gasteiger partial charge in [-0.05, 0) is 134 Å². The number of piperazine rings is 1. The zero-order valence-corrected chi connectivity index (χ0v) is 54.2. The van der Waals surface area contributed by atoms with Crippen molar-refractivity contribution in [3.63, 3.8) is 0 Å². The van der Waals surface area contributed by atoms with E-state index in [1.165, 1.54) is 0 Å². The van der Waals surface area contributed by atoms with Gasteiger partial charge in [0.25, 0.3) is 0 Å². The second kappa shape index (κ2) is 50.8. The second-order valence-electron chi connectivity index (χ2n) is 23.4. The summed E-state index contributed by atoms with van der Waals surface area (Å²) in [6.45, 7) is 25.7. The van der Waals surface area contributed by atoms with E-state index >= 15 is 0 Å². The van der Waals surface area contributed by atoms with Crippen molar-refractivity contribution < 1.29 is 68.1 Å². The monoisotopic (exact) mass is 1210 g/mol. The van der Waals surface area contributed by atoms with E-state index < -0.39 is 24.4 Å². The van der Waals surface area contributed by atoms with Gasteiger partial charge >= 0.3 is 29.8 Å². The molecule has 0 aromatic rings. The van der Waals surface area contributed by atoms with E-state index in [4.69, 9.17) is 23.7 Å². The number of carbonyl (C=O) groups excluding carboxylic acids is 5. The second-order valence-corrected chi connectivity index (χ2v) is 26.1. The molecule has 0 aromatic heterocycles. The van der Waals surface area contributed by atoms with Gasteiger partial charge in [-0.2, -0.15) is 0 Å². The minimum atomic E-state index is -0.727. The van der Waals surface area contributed by atoms with Crippen LogP contribution in [0.1, 0.15) is 209 Å². The first-order chi connectivity index (χ1) is 39.3. The molecular weight excluding hydrogens is 1090 g/mol. The molecule has 1 rings (SSSR count). The maximum Gasteiger partial charge on any atom is 0.306 e. The summed E-state index contributed by atoms with van der Waals surface area (Å²) < 4.78 is 27.3. The van der Waals surface area contributed by atoms with Gasteiger partial charge in [-0.1, -0.05) is 89.8 Å². The van der Waals surface area contributed by atoms with Crippen molar-refractivity contribution in [2.24, 2.45) is 11.8 Å². The van der Waals surface area contributed by atoms with Crippen LogP contribution in [-0.4, -0.2) is 216 Å². The molecule has 482 valence electrons. The smallest absolute Gasteiger partial charge is 0.306 e. The number of esters is 5. The Balaban J connectivity index is 2.46. The summed E-state index contributed by atoms with van der Waals surface area (Å²) >= 11 is 0. The third-order valence-corrected chi connectivity index (χ3v) is 17.4. The van der Waals surface area contributed by atoms with Crippen LogP contribution in [0.2, 0.25) is 0 Å². The van der Waals surface area contributed by atoms with Gasteiger partial charge in [0.05, 0.1) is 37.6 Å². The lowest BCUT2D eigenvalue weighted by atomic mass is 10.1. The molecule has 1 aliphatic rings. The highest BCUT2D eigenvalue weighted by atomic mass is 33.1. The van der Waals surface area contributed by atoms with E-state index in [1.54, 1.807) is 0 Å². The summed E-state index contributed by atoms with van der Waals surface area (Å²) in [7, 11) is 3.78. The molecule has 1 fully saturated rings. The van der Waals surface area contributed by atoms with Crippen molar-refractivity contribution in [3.05, 3.63) is 0 Å². The first-order valence-electron chi connectivity index (χ1n) is 32.1. The Kier molecular flexibility index (Phi) is 48.2. The lowest BCUT2D eigenvalue weighted by molar-refractivity contribution is -0.150. The zero-order chi connectivity index (χ0) is 60.8. The average molecular weight is 1210 g/mol. The van der Waals surface area contributed by atoms with Gasteiger partial charge < -0.3 is 44.1 Å². The predicted octanol–water partition coefficient (Wildman–Crippen LogP) is 9.24. The normalized spacial score (nSPS) is 15.0. The van der Waals surface area contributed by atoms with E-state index in [-0.39, 0.29) is 74.4 Å². The zero-order valence-electron chi connectivity index (χ0n) is 52.6. The van der Waals surface area contributed by atoms with E-state index in [9.17, 15) is 44.4 Å². The molecule has 4 atom stereocenters. The fourth-order valence-corrected chi connectivity index (χ4v) is 11.7. The Morgan fingerprint density at radius 2 is 0.768 bits per heavy atom. The van der Waals surface area contributed by atoms with Gasteiger partial charge in [-0.25, -0.2) is 0 Å². The lowest BCUT2D eigenvalue weighted by Crippen LogP contribution is -2.47. The third kappa shape index (κ3) is 45.1. The number of aliphatic hydroxyl groups excluding tert-OH is 4. The fourth-order valence-electron chi connectivity index (χ4n) is 9.52. The maximum absolute atomic E-state index is 12.8. The average Bonchev–Trinajstić information content (AvgIpc) is 3.43. The highest BCUT2D eigenvalue weighted by Crippen LogP contribution is 2.23. The summed E-state index contributed by atoms with van der Waals surface area (Å²) in [5.74, 6) is 1.85. The van der Waals surface area contributed by atoms with Crippen molar-refractivity contribution in [1.29, 1.82) is 0 Å². The Bertz CT molecular complexity index is 1520. The molecule has 1 heterocycles. The molecule has 0 saturated carbocycles. The highest BCUT2D eigenvalue weighted by molar-refractivity contribution is 8.76. The van der Waals surface area contributed by atoms with Crippen molar-refractivity contribution in [2.45, 2.75) is 246 Å². The number of carbonyl (C=O) groups is 5. The van der Waals surface area contributed by atoms with Crippen LogP contribution >= 0.6 is 21.6 Å². The predicted molar refractivity (Wildman–Crippen MR) is 331 cm³/mol. The topological polar surface area (TPSA) is 225 Å². The summed E-state index contributed by atoms with van der Waals surface area (Å²) in [5.41, 5.74) is 0. The molecule has 0 bridgehead atoms. The van der Waals surface area contributed by atoms with Gasteiger partial charge in [0.1, 0.15) is 18.8 Å². The standard InChI is InChI=1S/C62H118N4O14S2/c1-9-56(10-2)79-61(74)28-19-24-54(69)48-66(49-55(70)25-20-29-62(75)80-57(11-3)12-4)34-21-30-60(73)78-43-39-63-35-37-64(38-36-63)40-45-82-81-44-18-17-33-65(46-52(67)22-13-15-26-58(71)76-41-31-50(5)6)47-53(68)23-14-16-27-59(72)77-42-32-51(7)8/h50-57,67-70H,9-49H2,1-8H3. The number of nitrogens with zero attached hydrogens (tertiary/aromatic N) is 4. The van der Waals surface area contributed by atoms with Crippen molar-refractivity contribution in [2.75, 3.05) is 110 Å². The Labute approximate surface area is 504 Å². The molecule has 82 heavy (non-hydrogen) atoms. The van der Waals surface area contributed by atoms with Gasteiger partial charge in [-0.15, -0.1) is 0 Å². The van der Waals surface area contributed by atoms with Crippen LogP contribution < -0.4 is 0 Å². The first-order valence-corrected chi connectivity index (χ1v) is 34.6. The van der Waals surface area contributed by atoms with Crippen LogP contribution in [0.3, 0.4) is 0 Å². The van der Waals surface area contributed by atoms with E-state index in [2.05, 4.69) is 42.4 Å². The van der Waals surface area contributed by atoms with Crippen LogP contribution in [0, 0.1) is 11.8 Å². The van der Waals surface area contributed by atoms with Gasteiger partial charge in [0, 0.05) is 109 Å². The number of ether oxygens (including phenoxy) is 5. The van der Waals surface area contributed by atoms with Crippen molar-refractivity contribution >= 4 is 51.4 Å². The van der Waals surface area contributed by atoms with Crippen LogP contribution in [0.5, 0.6) is 0 Å². The summed E-state index contributed by atoms with van der Waals surface area (Å²) in [6.07, 6.45) is 11.6. The molecule has 0 radical (unpaired) electrons. The number of aliphatic hydroxyl groups is 4. The number of hydrogen-bond acceptors (Lipinski definition) is 20. The summed E-state index contributed by atoms with van der Waals surface area (Å²) in [5, 5.41) is 43.8. The first kappa shape index (κ1) is 77.7. The lowest BCUT2D eigenvalue weighted by Gasteiger charge is -2.34. The number of unbranched alkanes of at least 4 members (excludes halogenated alkanes) is 3. The van der Waals surface area contributed by atoms with Gasteiger partial charge in [0.15, 0.2) is 0 Å². The molecule has 1 aliphatic heterocycles. The van der Waals surface area contributed by atoms with E-state index in [0.717, 1.165) is 115 Å². The van der Waals surface area contributed by atoms with E-state index in [0.29, 0.717) is 128 Å². The van der Waals surface area contributed by atoms with E-state index in [1.807, 2.05) is 54.2 Å². The maximum atomic E-state index is 12.8. The summed E-state index contributed by atoms with van der Waals surface area (Å²) in [6, 6.07) is 0. The van der Waals surface area contributed by atoms with Crippen LogP contribution in [0.25, 0.3) is 0 Å². The highest BCUT2D eigenvalue weighted by Gasteiger charge is 2.22. The molecule has 1 saturated heterocycles. The number of hydrogen-bond donors (Lipinski definition) is 4. The molecule has 18 nitrogen and oxygen atoms in total. The largest absolute Gasteiger partial charge is 0.466 e. The minimum absolute atomic E-state index is 0.0928. The SMILES string of the molecule is CCC(CC)OC(=O)CCCC(O)CN(CCCC(=O)OCCN1CCN(CCSSCCCCN(CC(O)CCCCC(=O)OCCC(C)C)CC(O)CCCCC(=O)OCCC(C)C)CC1)CC(O)CCCC(=O)OC(CC)CC. The van der Waals surface area contributed by atoms with Crippen molar-refractivity contribution in [1.82, 2.24) is 19.6 Å². The Hall–Kier alpha value is -2.27. The molecular formula is C62H118N4O14S2. The third-order valence-electron chi connectivity index (χ3n) is 14.9. The fraction of sp³-hybridized carbons (Fsp3) is 0.919. The molecule has 0 aromatic carbocycles. The van der Waals surface area contributed by atoms with Gasteiger partial charge in [0.2, 0.25) is 0 Å². The molecule has 0 amide bonds. The summed E-state index contributed by atoms with van der Waals surface area (Å²) in [4.78, 5) is 70.6. The Morgan fingerprint density at radius 3 is 1.18 bits per heavy atom. The molecule has 4 N–H and O–H groups in total. The van der Waals surface area contributed by atoms with Crippen LogP contribution in [0.4, 0.5) is 0 Å². The molecule has 0 spiro atoms. The minimum Gasteiger partial charge on any atom is -0.466 e. The quantitative estimate of drug-likeness (QED) is 0.0193. The number of rotatable bonds is 54. The Morgan fingerprint density at radius 1 is 0.415 bits per heavy atom. The van der Waals surface area contributed by atoms with Crippen molar-refractivity contribution in [3.8, 4) is 0 Å². The van der Waals surface area contributed by atoms with Gasteiger partial charge in [-0.3, -0.25) is 43.6 Å². The van der Waals surface area contributed by atoms with Crippen LogP contribution in [-0.2, 0) is 47.7 Å². The molecule has 20 heteroatoms. The molecule has 4 unspecified atom stereocenters.